The lowest BCUT2D eigenvalue weighted by Crippen LogP contribution is -2.43. The molecule has 0 saturated carbocycles. The highest BCUT2D eigenvalue weighted by Gasteiger charge is 2.22. The molecule has 0 radical (unpaired) electrons. The Morgan fingerprint density at radius 1 is 1.18 bits per heavy atom. The van der Waals surface area contributed by atoms with E-state index in [0.717, 1.165) is 0 Å². The van der Waals surface area contributed by atoms with Crippen LogP contribution in [0.5, 0.6) is 0 Å². The Balaban J connectivity index is 2.61. The van der Waals surface area contributed by atoms with Crippen LogP contribution in [-0.4, -0.2) is 34.8 Å². The minimum atomic E-state index is -1.34. The van der Waals surface area contributed by atoms with Gasteiger partial charge < -0.3 is 21.5 Å². The van der Waals surface area contributed by atoms with Gasteiger partial charge in [0.25, 0.3) is 0 Å². The SMILES string of the molecule is CC(=O)Nc1ccc(CC(=O)NC(CC(N)=O)C(=O)O)cc1. The summed E-state index contributed by atoms with van der Waals surface area (Å²) in [4.78, 5) is 44.3. The quantitative estimate of drug-likeness (QED) is 0.544. The second-order valence-electron chi connectivity index (χ2n) is 4.68. The lowest BCUT2D eigenvalue weighted by molar-refractivity contribution is -0.143. The van der Waals surface area contributed by atoms with Crippen molar-refractivity contribution in [3.63, 3.8) is 0 Å². The van der Waals surface area contributed by atoms with E-state index in [0.29, 0.717) is 11.3 Å². The number of anilines is 1. The number of carbonyl (C=O) groups is 4. The highest BCUT2D eigenvalue weighted by molar-refractivity contribution is 5.89. The Morgan fingerprint density at radius 3 is 2.23 bits per heavy atom. The lowest BCUT2D eigenvalue weighted by atomic mass is 10.1. The second kappa shape index (κ2) is 7.77. The Bertz CT molecular complexity index is 583. The van der Waals surface area contributed by atoms with Crippen molar-refractivity contribution in [2.45, 2.75) is 25.8 Å². The van der Waals surface area contributed by atoms with Gasteiger partial charge in [-0.05, 0) is 17.7 Å². The molecule has 5 N–H and O–H groups in total. The molecular weight excluding hydrogens is 290 g/mol. The van der Waals surface area contributed by atoms with Gasteiger partial charge in [0.1, 0.15) is 6.04 Å². The van der Waals surface area contributed by atoms with Crippen LogP contribution in [0.3, 0.4) is 0 Å². The van der Waals surface area contributed by atoms with Gasteiger partial charge in [-0.25, -0.2) is 4.79 Å². The molecule has 3 amide bonds. The number of hydrogen-bond acceptors (Lipinski definition) is 4. The van der Waals surface area contributed by atoms with E-state index in [1.54, 1.807) is 24.3 Å². The minimum Gasteiger partial charge on any atom is -0.480 e. The maximum atomic E-state index is 11.8. The van der Waals surface area contributed by atoms with Gasteiger partial charge in [-0.15, -0.1) is 0 Å². The zero-order valence-electron chi connectivity index (χ0n) is 12.0. The van der Waals surface area contributed by atoms with Crippen molar-refractivity contribution in [2.24, 2.45) is 5.73 Å². The maximum absolute atomic E-state index is 11.8. The van der Waals surface area contributed by atoms with Crippen LogP contribution in [0.2, 0.25) is 0 Å². The Morgan fingerprint density at radius 2 is 1.77 bits per heavy atom. The molecule has 1 atom stereocenters. The molecule has 8 nitrogen and oxygen atoms in total. The third kappa shape index (κ3) is 6.04. The van der Waals surface area contributed by atoms with E-state index >= 15 is 0 Å². The van der Waals surface area contributed by atoms with Gasteiger partial charge >= 0.3 is 5.97 Å². The maximum Gasteiger partial charge on any atom is 0.326 e. The molecule has 0 spiro atoms. The number of nitrogens with two attached hydrogens (primary N) is 1. The summed E-state index contributed by atoms with van der Waals surface area (Å²) < 4.78 is 0. The van der Waals surface area contributed by atoms with Crippen molar-refractivity contribution in [1.82, 2.24) is 5.32 Å². The number of benzene rings is 1. The molecule has 1 rings (SSSR count). The highest BCUT2D eigenvalue weighted by atomic mass is 16.4. The molecule has 0 bridgehead atoms. The van der Waals surface area contributed by atoms with E-state index in [4.69, 9.17) is 10.8 Å². The van der Waals surface area contributed by atoms with Gasteiger partial charge in [-0.2, -0.15) is 0 Å². The summed E-state index contributed by atoms with van der Waals surface area (Å²) in [5.74, 6) is -2.89. The lowest BCUT2D eigenvalue weighted by Gasteiger charge is -2.13. The fourth-order valence-electron chi connectivity index (χ4n) is 1.74. The first kappa shape index (κ1) is 17.2. The normalized spacial score (nSPS) is 11.3. The fraction of sp³-hybridized carbons (Fsp3) is 0.286. The fourth-order valence-corrected chi connectivity index (χ4v) is 1.74. The molecule has 118 valence electrons. The van der Waals surface area contributed by atoms with Crippen LogP contribution >= 0.6 is 0 Å². The Labute approximate surface area is 126 Å². The van der Waals surface area contributed by atoms with Crippen LogP contribution < -0.4 is 16.4 Å². The van der Waals surface area contributed by atoms with Crippen LogP contribution in [0.25, 0.3) is 0 Å². The average Bonchev–Trinajstić information content (AvgIpc) is 2.39. The summed E-state index contributed by atoms with van der Waals surface area (Å²) in [6.45, 7) is 1.38. The molecule has 0 aromatic heterocycles. The zero-order chi connectivity index (χ0) is 16.7. The molecule has 0 fully saturated rings. The molecule has 22 heavy (non-hydrogen) atoms. The Hall–Kier alpha value is -2.90. The van der Waals surface area contributed by atoms with Gasteiger partial charge in [0.05, 0.1) is 12.8 Å². The third-order valence-electron chi connectivity index (χ3n) is 2.68. The topological polar surface area (TPSA) is 139 Å². The van der Waals surface area contributed by atoms with Crippen molar-refractivity contribution >= 4 is 29.4 Å². The molecule has 1 unspecified atom stereocenters. The number of nitrogens with one attached hydrogen (secondary N) is 2. The number of amides is 3. The number of aliphatic carboxylic acids is 1. The van der Waals surface area contributed by atoms with E-state index in [-0.39, 0.29) is 12.3 Å². The van der Waals surface area contributed by atoms with Crippen molar-refractivity contribution in [3.8, 4) is 0 Å². The van der Waals surface area contributed by atoms with Gasteiger partial charge in [0.2, 0.25) is 17.7 Å². The molecule has 0 saturated heterocycles. The van der Waals surface area contributed by atoms with E-state index < -0.39 is 30.2 Å². The molecule has 0 aliphatic carbocycles. The van der Waals surface area contributed by atoms with Crippen LogP contribution in [0.4, 0.5) is 5.69 Å². The summed E-state index contributed by atoms with van der Waals surface area (Å²) >= 11 is 0. The molecule has 0 aliphatic heterocycles. The monoisotopic (exact) mass is 307 g/mol. The van der Waals surface area contributed by atoms with Gasteiger partial charge in [-0.1, -0.05) is 12.1 Å². The molecular formula is C14H17N3O5. The number of rotatable bonds is 7. The predicted molar refractivity (Wildman–Crippen MR) is 77.8 cm³/mol. The Kier molecular flexibility index (Phi) is 6.06. The summed E-state index contributed by atoms with van der Waals surface area (Å²) in [7, 11) is 0. The highest BCUT2D eigenvalue weighted by Crippen LogP contribution is 2.10. The van der Waals surface area contributed by atoms with Gasteiger partial charge in [-0.3, -0.25) is 14.4 Å². The number of carboxylic acids is 1. The minimum absolute atomic E-state index is 0.0527. The summed E-state index contributed by atoms with van der Waals surface area (Å²) in [6.07, 6.45) is -0.522. The van der Waals surface area contributed by atoms with Crippen LogP contribution in [0.1, 0.15) is 18.9 Å². The smallest absolute Gasteiger partial charge is 0.326 e. The standard InChI is InChI=1S/C14H17N3O5/c1-8(18)16-10-4-2-9(3-5-10)6-13(20)17-11(14(21)22)7-12(15)19/h2-5,11H,6-7H2,1H3,(H2,15,19)(H,16,18)(H,17,20)(H,21,22). The number of hydrogen-bond donors (Lipinski definition) is 4. The summed E-state index contributed by atoms with van der Waals surface area (Å²) in [5.41, 5.74) is 6.15. The first-order valence-electron chi connectivity index (χ1n) is 6.45. The van der Waals surface area contributed by atoms with E-state index in [1.165, 1.54) is 6.92 Å². The van der Waals surface area contributed by atoms with Crippen molar-refractivity contribution in [2.75, 3.05) is 5.32 Å². The number of carboxylic acid groups (broad SMARTS) is 1. The molecule has 1 aromatic rings. The predicted octanol–water partition coefficient (Wildman–Crippen LogP) is -0.368. The molecule has 0 aliphatic rings. The molecule has 0 heterocycles. The number of primary amides is 1. The van der Waals surface area contributed by atoms with Crippen molar-refractivity contribution < 1.29 is 24.3 Å². The molecule has 1 aromatic carbocycles. The first-order valence-corrected chi connectivity index (χ1v) is 6.45. The first-order chi connectivity index (χ1) is 10.3. The van der Waals surface area contributed by atoms with Gasteiger partial charge in [0.15, 0.2) is 0 Å². The van der Waals surface area contributed by atoms with E-state index in [1.807, 2.05) is 0 Å². The average molecular weight is 307 g/mol. The van der Waals surface area contributed by atoms with Crippen LogP contribution in [0.15, 0.2) is 24.3 Å². The summed E-state index contributed by atoms with van der Waals surface area (Å²) in [5, 5.41) is 13.7. The second-order valence-corrected chi connectivity index (χ2v) is 4.68. The van der Waals surface area contributed by atoms with E-state index in [2.05, 4.69) is 10.6 Å². The zero-order valence-corrected chi connectivity index (χ0v) is 12.0. The third-order valence-corrected chi connectivity index (χ3v) is 2.68. The summed E-state index contributed by atoms with van der Waals surface area (Å²) in [6, 6.07) is 5.18. The van der Waals surface area contributed by atoms with Crippen molar-refractivity contribution in [1.29, 1.82) is 0 Å². The van der Waals surface area contributed by atoms with Crippen LogP contribution in [-0.2, 0) is 25.6 Å². The van der Waals surface area contributed by atoms with E-state index in [9.17, 15) is 19.2 Å². The van der Waals surface area contributed by atoms with Crippen molar-refractivity contribution in [3.05, 3.63) is 29.8 Å². The molecule has 8 heteroatoms. The number of carbonyl (C=O) groups excluding carboxylic acids is 3. The van der Waals surface area contributed by atoms with Crippen LogP contribution in [0, 0.1) is 0 Å². The largest absolute Gasteiger partial charge is 0.480 e. The van der Waals surface area contributed by atoms with Gasteiger partial charge in [0, 0.05) is 12.6 Å².